The van der Waals surface area contributed by atoms with Gasteiger partial charge in [0.05, 0.1) is 22.8 Å². The molecule has 4 heterocycles. The summed E-state index contributed by atoms with van der Waals surface area (Å²) in [4.78, 5) is 33.1. The lowest BCUT2D eigenvalue weighted by Gasteiger charge is -2.24. The van der Waals surface area contributed by atoms with Crippen LogP contribution < -0.4 is 0 Å². The Morgan fingerprint density at radius 2 is 2.07 bits per heavy atom. The number of aromatic nitrogens is 4. The van der Waals surface area contributed by atoms with Gasteiger partial charge < -0.3 is 4.90 Å². The van der Waals surface area contributed by atoms with Crippen LogP contribution in [-0.2, 0) is 0 Å². The lowest BCUT2D eigenvalue weighted by Crippen LogP contribution is -2.30. The summed E-state index contributed by atoms with van der Waals surface area (Å²) in [5.41, 5.74) is 4.07. The van der Waals surface area contributed by atoms with Crippen LogP contribution >= 0.6 is 11.3 Å². The fourth-order valence-corrected chi connectivity index (χ4v) is 4.70. The van der Waals surface area contributed by atoms with Crippen molar-refractivity contribution in [3.05, 3.63) is 70.7 Å². The summed E-state index contributed by atoms with van der Waals surface area (Å²) >= 11 is 1.61. The molecule has 1 aliphatic heterocycles. The van der Waals surface area contributed by atoms with Crippen molar-refractivity contribution >= 4 is 28.1 Å². The van der Waals surface area contributed by atoms with Crippen molar-refractivity contribution in [1.82, 2.24) is 24.8 Å². The highest BCUT2D eigenvalue weighted by Gasteiger charge is 2.33. The van der Waals surface area contributed by atoms with Gasteiger partial charge in [-0.3, -0.25) is 4.79 Å². The van der Waals surface area contributed by atoms with Crippen molar-refractivity contribution in [3.63, 3.8) is 0 Å². The van der Waals surface area contributed by atoms with Crippen LogP contribution in [0, 0.1) is 6.92 Å². The molecule has 1 amide bonds. The largest absolute Gasteiger partial charge is 0.329 e. The van der Waals surface area contributed by atoms with Gasteiger partial charge in [-0.1, -0.05) is 12.1 Å². The zero-order chi connectivity index (χ0) is 19.8. The molecule has 1 aliphatic rings. The smallest absolute Gasteiger partial charge is 0.255 e. The molecule has 0 saturated carbocycles. The highest BCUT2D eigenvalue weighted by atomic mass is 32.1. The summed E-state index contributed by atoms with van der Waals surface area (Å²) < 4.78 is 0. The van der Waals surface area contributed by atoms with Gasteiger partial charge in [0.2, 0.25) is 0 Å². The average Bonchev–Trinajstić information content (AvgIpc) is 3.44. The SMILES string of the molecule is Cc1ccc2c(C(=O)N3CCC[C@H]3c3nccs3)cc(-c3cncnc3)nc2c1. The van der Waals surface area contributed by atoms with Crippen LogP contribution in [0.2, 0.25) is 0 Å². The summed E-state index contributed by atoms with van der Waals surface area (Å²) in [6.07, 6.45) is 8.67. The molecule has 0 N–H and O–H groups in total. The van der Waals surface area contributed by atoms with Crippen LogP contribution in [0.3, 0.4) is 0 Å². The lowest BCUT2D eigenvalue weighted by molar-refractivity contribution is 0.0737. The minimum atomic E-state index is 0.0250. The molecule has 1 atom stereocenters. The Bertz CT molecular complexity index is 1180. The molecule has 0 bridgehead atoms. The number of benzene rings is 1. The van der Waals surface area contributed by atoms with Gasteiger partial charge in [-0.25, -0.2) is 19.9 Å². The molecule has 3 aromatic heterocycles. The summed E-state index contributed by atoms with van der Waals surface area (Å²) in [6, 6.07) is 7.94. The summed E-state index contributed by atoms with van der Waals surface area (Å²) in [7, 11) is 0. The maximum atomic E-state index is 13.7. The van der Waals surface area contributed by atoms with Crippen molar-refractivity contribution in [2.45, 2.75) is 25.8 Å². The Hall–Kier alpha value is -3.19. The van der Waals surface area contributed by atoms with Gasteiger partial charge in [-0.2, -0.15) is 0 Å². The van der Waals surface area contributed by atoms with Crippen LogP contribution in [0.15, 0.2) is 54.6 Å². The van der Waals surface area contributed by atoms with E-state index in [-0.39, 0.29) is 11.9 Å². The first-order valence-electron chi connectivity index (χ1n) is 9.58. The van der Waals surface area contributed by atoms with Gasteiger partial charge in [-0.05, 0) is 37.5 Å². The van der Waals surface area contributed by atoms with E-state index < -0.39 is 0 Å². The molecule has 0 spiro atoms. The van der Waals surface area contributed by atoms with Crippen LogP contribution in [0.5, 0.6) is 0 Å². The van der Waals surface area contributed by atoms with Gasteiger partial charge >= 0.3 is 0 Å². The Labute approximate surface area is 172 Å². The molecule has 1 aromatic carbocycles. The third-order valence-corrected chi connectivity index (χ3v) is 6.18. The molecule has 0 unspecified atom stereocenters. The number of likely N-dealkylation sites (tertiary alicyclic amines) is 1. The number of hydrogen-bond donors (Lipinski definition) is 0. The summed E-state index contributed by atoms with van der Waals surface area (Å²) in [6.45, 7) is 2.77. The van der Waals surface area contributed by atoms with Crippen molar-refractivity contribution < 1.29 is 4.79 Å². The highest BCUT2D eigenvalue weighted by Crippen LogP contribution is 2.35. The van der Waals surface area contributed by atoms with E-state index in [2.05, 4.69) is 15.0 Å². The van der Waals surface area contributed by atoms with E-state index in [1.54, 1.807) is 29.9 Å². The monoisotopic (exact) mass is 401 g/mol. The van der Waals surface area contributed by atoms with E-state index in [0.29, 0.717) is 11.3 Å². The normalized spacial score (nSPS) is 16.4. The summed E-state index contributed by atoms with van der Waals surface area (Å²) in [5, 5.41) is 3.83. The lowest BCUT2D eigenvalue weighted by atomic mass is 10.0. The molecule has 29 heavy (non-hydrogen) atoms. The number of rotatable bonds is 3. The van der Waals surface area contributed by atoms with Gasteiger partial charge in [0.1, 0.15) is 11.3 Å². The van der Waals surface area contributed by atoms with Gasteiger partial charge in [0.15, 0.2) is 0 Å². The molecule has 1 fully saturated rings. The molecule has 4 aromatic rings. The van der Waals surface area contributed by atoms with E-state index in [1.807, 2.05) is 41.5 Å². The first kappa shape index (κ1) is 17.9. The second-order valence-corrected chi connectivity index (χ2v) is 8.16. The van der Waals surface area contributed by atoms with Crippen LogP contribution in [-0.4, -0.2) is 37.3 Å². The molecule has 0 radical (unpaired) electrons. The second-order valence-electron chi connectivity index (χ2n) is 7.23. The predicted octanol–water partition coefficient (Wildman–Crippen LogP) is 4.43. The highest BCUT2D eigenvalue weighted by molar-refractivity contribution is 7.09. The first-order chi connectivity index (χ1) is 14.2. The van der Waals surface area contributed by atoms with E-state index in [0.717, 1.165) is 46.4 Å². The number of carbonyl (C=O) groups is 1. The van der Waals surface area contributed by atoms with Crippen LogP contribution in [0.1, 0.15) is 39.8 Å². The Morgan fingerprint density at radius 1 is 1.21 bits per heavy atom. The fourth-order valence-electron chi connectivity index (χ4n) is 3.91. The Balaban J connectivity index is 1.64. The minimum Gasteiger partial charge on any atom is -0.329 e. The summed E-state index contributed by atoms with van der Waals surface area (Å²) in [5.74, 6) is 0.0250. The molecule has 5 rings (SSSR count). The van der Waals surface area contributed by atoms with Gasteiger partial charge in [0, 0.05) is 41.5 Å². The number of aryl methyl sites for hydroxylation is 1. The number of carbonyl (C=O) groups excluding carboxylic acids is 1. The fraction of sp³-hybridized carbons (Fsp3) is 0.227. The number of hydrogen-bond acceptors (Lipinski definition) is 6. The molecular formula is C22H19N5OS. The van der Waals surface area contributed by atoms with Gasteiger partial charge in [-0.15, -0.1) is 11.3 Å². The zero-order valence-corrected chi connectivity index (χ0v) is 16.8. The molecule has 6 nitrogen and oxygen atoms in total. The van der Waals surface area contributed by atoms with Crippen molar-refractivity contribution in [2.75, 3.05) is 6.54 Å². The quantitative estimate of drug-likeness (QED) is 0.508. The number of thiazole rings is 1. The van der Waals surface area contributed by atoms with Crippen molar-refractivity contribution in [1.29, 1.82) is 0 Å². The van der Waals surface area contributed by atoms with Crippen LogP contribution in [0.25, 0.3) is 22.2 Å². The topological polar surface area (TPSA) is 71.9 Å². The van der Waals surface area contributed by atoms with Crippen molar-refractivity contribution in [3.8, 4) is 11.3 Å². The first-order valence-corrected chi connectivity index (χ1v) is 10.5. The second kappa shape index (κ2) is 7.33. The Morgan fingerprint density at radius 3 is 2.86 bits per heavy atom. The van der Waals surface area contributed by atoms with E-state index in [9.17, 15) is 4.79 Å². The predicted molar refractivity (Wildman–Crippen MR) is 113 cm³/mol. The molecule has 1 saturated heterocycles. The molecule has 7 heteroatoms. The van der Waals surface area contributed by atoms with Crippen molar-refractivity contribution in [2.24, 2.45) is 0 Å². The van der Waals surface area contributed by atoms with Crippen LogP contribution in [0.4, 0.5) is 0 Å². The Kier molecular flexibility index (Phi) is 4.52. The maximum absolute atomic E-state index is 13.7. The number of nitrogens with zero attached hydrogens (tertiary/aromatic N) is 5. The molecule has 144 valence electrons. The molecular weight excluding hydrogens is 382 g/mol. The minimum absolute atomic E-state index is 0.0250. The van der Waals surface area contributed by atoms with E-state index in [1.165, 1.54) is 6.33 Å². The third kappa shape index (κ3) is 3.27. The van der Waals surface area contributed by atoms with Gasteiger partial charge in [0.25, 0.3) is 5.91 Å². The number of fused-ring (bicyclic) bond motifs is 1. The van der Waals surface area contributed by atoms with E-state index in [4.69, 9.17) is 4.98 Å². The number of amides is 1. The zero-order valence-electron chi connectivity index (χ0n) is 15.9. The average molecular weight is 401 g/mol. The van der Waals surface area contributed by atoms with E-state index >= 15 is 0 Å². The third-order valence-electron chi connectivity index (χ3n) is 5.30. The molecule has 0 aliphatic carbocycles. The maximum Gasteiger partial charge on any atom is 0.255 e. The number of pyridine rings is 1. The standard InChI is InChI=1S/C22H19N5OS/c1-14-4-5-16-17(10-18(26-19(16)9-14)15-11-23-13-24-12-15)22(28)27-7-2-3-20(27)21-25-6-8-29-21/h4-6,8-13,20H,2-3,7H2,1H3/t20-/m0/s1.